The molecule has 1 saturated heterocycles. The van der Waals surface area contributed by atoms with Gasteiger partial charge >= 0.3 is 6.09 Å². The molecule has 1 N–H and O–H groups in total. The van der Waals surface area contributed by atoms with Crippen LogP contribution >= 0.6 is 0 Å². The number of pyridine rings is 1. The van der Waals surface area contributed by atoms with Gasteiger partial charge in [-0.3, -0.25) is 4.98 Å². The summed E-state index contributed by atoms with van der Waals surface area (Å²) in [6.45, 7) is 7.97. The fraction of sp³-hybridized carbons (Fsp3) is 0.600. The number of nitrogens with one attached hydrogen (secondary N) is 1. The minimum Gasteiger partial charge on any atom is -0.444 e. The molecule has 0 spiro atoms. The molecule has 1 fully saturated rings. The number of carbonyl (C=O) groups excluding carboxylic acids is 1. The second kappa shape index (κ2) is 10.6. The van der Waals surface area contributed by atoms with E-state index in [0.717, 1.165) is 18.5 Å². The molecule has 2 aromatic rings. The molecule has 1 aliphatic rings. The van der Waals surface area contributed by atoms with Crippen LogP contribution in [0.1, 0.15) is 52.7 Å². The monoisotopic (exact) mass is 463 g/mol. The van der Waals surface area contributed by atoms with Crippen LogP contribution in [0.2, 0.25) is 0 Å². The number of hydrogen-bond acceptors (Lipinski definition) is 5. The van der Waals surface area contributed by atoms with E-state index in [2.05, 4.69) is 12.2 Å². The maximum atomic E-state index is 15.0. The van der Waals surface area contributed by atoms with Gasteiger partial charge in [0.1, 0.15) is 17.6 Å². The van der Waals surface area contributed by atoms with Gasteiger partial charge in [0, 0.05) is 31.2 Å². The van der Waals surface area contributed by atoms with E-state index < -0.39 is 23.9 Å². The van der Waals surface area contributed by atoms with Crippen LogP contribution < -0.4 is 10.2 Å². The number of anilines is 1. The van der Waals surface area contributed by atoms with Crippen LogP contribution in [0, 0.1) is 5.82 Å². The number of aromatic nitrogens is 1. The van der Waals surface area contributed by atoms with E-state index in [4.69, 9.17) is 14.5 Å². The Hall–Kier alpha value is -2.48. The summed E-state index contributed by atoms with van der Waals surface area (Å²) in [6.07, 6.45) is 1.07. The SMILES string of the molecule is CCCC(Cc1ccc2c(F)ccc(N3CCC(NC(=O)OC(C)(C)C)C(F)C3)c2n1)OC. The Bertz CT molecular complexity index is 964. The lowest BCUT2D eigenvalue weighted by Crippen LogP contribution is -2.53. The van der Waals surface area contributed by atoms with E-state index in [9.17, 15) is 9.18 Å². The van der Waals surface area contributed by atoms with Gasteiger partial charge in [-0.25, -0.2) is 13.6 Å². The molecule has 0 saturated carbocycles. The molecule has 182 valence electrons. The standard InChI is InChI=1S/C25H35F2N3O3/c1-6-7-17(32-5)14-16-8-9-18-19(26)10-11-22(23(18)28-16)30-13-12-21(20(27)15-30)29-24(31)33-25(2,3)4/h8-11,17,20-21H,6-7,12-15H2,1-5H3,(H,29,31). The van der Waals surface area contributed by atoms with E-state index in [1.165, 1.54) is 6.07 Å². The number of ether oxygens (including phenoxy) is 2. The van der Waals surface area contributed by atoms with Crippen LogP contribution in [0.15, 0.2) is 24.3 Å². The summed E-state index contributed by atoms with van der Waals surface area (Å²) in [4.78, 5) is 18.7. The molecule has 1 aromatic heterocycles. The van der Waals surface area contributed by atoms with Gasteiger partial charge in [-0.2, -0.15) is 0 Å². The number of nitrogens with zero attached hydrogens (tertiary/aromatic N) is 2. The predicted octanol–water partition coefficient (Wildman–Crippen LogP) is 5.17. The molecule has 2 heterocycles. The molecule has 1 aromatic carbocycles. The van der Waals surface area contributed by atoms with E-state index >= 15 is 4.39 Å². The molecule has 0 radical (unpaired) electrons. The lowest BCUT2D eigenvalue weighted by molar-refractivity contribution is 0.0463. The fourth-order valence-corrected chi connectivity index (χ4v) is 4.18. The van der Waals surface area contributed by atoms with Crippen molar-refractivity contribution in [2.75, 3.05) is 25.1 Å². The zero-order chi connectivity index (χ0) is 24.2. The Morgan fingerprint density at radius 1 is 1.30 bits per heavy atom. The minimum absolute atomic E-state index is 0.0434. The van der Waals surface area contributed by atoms with Crippen molar-refractivity contribution in [3.05, 3.63) is 35.8 Å². The predicted molar refractivity (Wildman–Crippen MR) is 126 cm³/mol. The number of carbonyl (C=O) groups is 1. The van der Waals surface area contributed by atoms with Crippen molar-refractivity contribution in [1.29, 1.82) is 0 Å². The number of hydrogen-bond donors (Lipinski definition) is 1. The third kappa shape index (κ3) is 6.53. The Balaban J connectivity index is 1.78. The molecule has 33 heavy (non-hydrogen) atoms. The zero-order valence-electron chi connectivity index (χ0n) is 20.2. The topological polar surface area (TPSA) is 63.7 Å². The number of alkyl halides is 1. The summed E-state index contributed by atoms with van der Waals surface area (Å²) in [6, 6.07) is 5.97. The van der Waals surface area contributed by atoms with Gasteiger partial charge in [0.2, 0.25) is 0 Å². The van der Waals surface area contributed by atoms with Crippen LogP contribution in [0.25, 0.3) is 10.9 Å². The summed E-state index contributed by atoms with van der Waals surface area (Å²) in [5, 5.41) is 3.05. The fourth-order valence-electron chi connectivity index (χ4n) is 4.18. The van der Waals surface area contributed by atoms with Gasteiger partial charge in [-0.15, -0.1) is 0 Å². The third-order valence-corrected chi connectivity index (χ3v) is 5.81. The molecule has 8 heteroatoms. The van der Waals surface area contributed by atoms with E-state index in [1.807, 2.05) is 11.0 Å². The average molecular weight is 464 g/mol. The van der Waals surface area contributed by atoms with Gasteiger partial charge in [-0.05, 0) is 57.9 Å². The van der Waals surface area contributed by atoms with Crippen molar-refractivity contribution < 1.29 is 23.0 Å². The van der Waals surface area contributed by atoms with Crippen molar-refractivity contribution in [3.63, 3.8) is 0 Å². The maximum Gasteiger partial charge on any atom is 0.407 e. The number of alkyl carbamates (subject to hydrolysis) is 1. The second-order valence-electron chi connectivity index (χ2n) is 9.62. The lowest BCUT2D eigenvalue weighted by Gasteiger charge is -2.37. The van der Waals surface area contributed by atoms with Crippen LogP contribution in [0.3, 0.4) is 0 Å². The van der Waals surface area contributed by atoms with Gasteiger partial charge in [0.25, 0.3) is 0 Å². The average Bonchev–Trinajstić information content (AvgIpc) is 2.74. The highest BCUT2D eigenvalue weighted by Gasteiger charge is 2.32. The Kier molecular flexibility index (Phi) is 8.10. The maximum absolute atomic E-state index is 15.0. The van der Waals surface area contributed by atoms with E-state index in [-0.39, 0.29) is 18.5 Å². The number of benzene rings is 1. The first-order valence-electron chi connectivity index (χ1n) is 11.6. The number of amides is 1. The first kappa shape index (κ1) is 25.1. The Morgan fingerprint density at radius 2 is 2.06 bits per heavy atom. The quantitative estimate of drug-likeness (QED) is 0.614. The molecular weight excluding hydrogens is 428 g/mol. The van der Waals surface area contributed by atoms with Crippen molar-refractivity contribution in [3.8, 4) is 0 Å². The lowest BCUT2D eigenvalue weighted by atomic mass is 10.0. The Labute approximate surface area is 194 Å². The molecule has 3 rings (SSSR count). The first-order valence-corrected chi connectivity index (χ1v) is 11.6. The van der Waals surface area contributed by atoms with Gasteiger partial charge in [0.15, 0.2) is 0 Å². The minimum atomic E-state index is -1.29. The molecule has 3 atom stereocenters. The van der Waals surface area contributed by atoms with Crippen molar-refractivity contribution in [2.45, 2.75) is 77.3 Å². The third-order valence-electron chi connectivity index (χ3n) is 5.81. The van der Waals surface area contributed by atoms with Crippen LogP contribution in [-0.2, 0) is 15.9 Å². The molecule has 1 amide bonds. The van der Waals surface area contributed by atoms with Crippen molar-refractivity contribution in [2.24, 2.45) is 0 Å². The number of rotatable bonds is 7. The first-order chi connectivity index (χ1) is 15.6. The Morgan fingerprint density at radius 3 is 2.70 bits per heavy atom. The summed E-state index contributed by atoms with van der Waals surface area (Å²) >= 11 is 0. The van der Waals surface area contributed by atoms with E-state index in [1.54, 1.807) is 40.0 Å². The molecule has 1 aliphatic heterocycles. The number of methoxy groups -OCH3 is 1. The van der Waals surface area contributed by atoms with Crippen LogP contribution in [0.4, 0.5) is 19.3 Å². The summed E-state index contributed by atoms with van der Waals surface area (Å²) in [7, 11) is 1.68. The summed E-state index contributed by atoms with van der Waals surface area (Å²) < 4.78 is 40.3. The second-order valence-corrected chi connectivity index (χ2v) is 9.62. The molecule has 3 unspecified atom stereocenters. The van der Waals surface area contributed by atoms with Crippen LogP contribution in [0.5, 0.6) is 0 Å². The molecule has 0 bridgehead atoms. The number of piperidine rings is 1. The highest BCUT2D eigenvalue weighted by molar-refractivity contribution is 5.91. The summed E-state index contributed by atoms with van der Waals surface area (Å²) in [5.41, 5.74) is 1.37. The van der Waals surface area contributed by atoms with Crippen molar-refractivity contribution >= 4 is 22.7 Å². The van der Waals surface area contributed by atoms with Gasteiger partial charge in [0.05, 0.1) is 29.9 Å². The molecule has 6 nitrogen and oxygen atoms in total. The largest absolute Gasteiger partial charge is 0.444 e. The molecule has 0 aliphatic carbocycles. The van der Waals surface area contributed by atoms with Gasteiger partial charge < -0.3 is 19.7 Å². The van der Waals surface area contributed by atoms with E-state index in [0.29, 0.717) is 36.0 Å². The van der Waals surface area contributed by atoms with Crippen molar-refractivity contribution in [1.82, 2.24) is 10.3 Å². The zero-order valence-corrected chi connectivity index (χ0v) is 20.2. The highest BCUT2D eigenvalue weighted by Crippen LogP contribution is 2.31. The highest BCUT2D eigenvalue weighted by atomic mass is 19.1. The molecular formula is C25H35F2N3O3. The smallest absolute Gasteiger partial charge is 0.407 e. The summed E-state index contributed by atoms with van der Waals surface area (Å²) in [5.74, 6) is -0.358. The van der Waals surface area contributed by atoms with Gasteiger partial charge in [-0.1, -0.05) is 13.3 Å². The van der Waals surface area contributed by atoms with Crippen LogP contribution in [-0.4, -0.2) is 55.2 Å². The normalized spacial score (nSPS) is 20.0. The number of halogens is 2. The number of fused-ring (bicyclic) bond motifs is 1.